The Kier molecular flexibility index (Phi) is 3.22. The first-order chi connectivity index (χ1) is 6.00. The zero-order valence-electron chi connectivity index (χ0n) is 8.03. The minimum absolute atomic E-state index is 0.257. The molecule has 1 rings (SSSR count). The van der Waals surface area contributed by atoms with Gasteiger partial charge in [-0.1, -0.05) is 0 Å². The lowest BCUT2D eigenvalue weighted by atomic mass is 10.3. The highest BCUT2D eigenvalue weighted by Crippen LogP contribution is 2.09. The zero-order chi connectivity index (χ0) is 9.90. The smallest absolute Gasteiger partial charge is 0.208 e. The van der Waals surface area contributed by atoms with Crippen LogP contribution < -0.4 is 4.72 Å². The first kappa shape index (κ1) is 10.4. The summed E-state index contributed by atoms with van der Waals surface area (Å²) in [5.41, 5.74) is 0. The Morgan fingerprint density at radius 1 is 1.62 bits per heavy atom. The van der Waals surface area contributed by atoms with Gasteiger partial charge in [0.05, 0.1) is 28.5 Å². The van der Waals surface area contributed by atoms with E-state index in [0.29, 0.717) is 12.4 Å². The number of hydrogen-bond acceptors (Lipinski definition) is 3. The van der Waals surface area contributed by atoms with E-state index in [1.54, 1.807) is 6.20 Å². The zero-order valence-corrected chi connectivity index (χ0v) is 8.85. The van der Waals surface area contributed by atoms with Gasteiger partial charge in [-0.15, -0.1) is 0 Å². The van der Waals surface area contributed by atoms with Crippen LogP contribution in [0.25, 0.3) is 0 Å². The highest BCUT2D eigenvalue weighted by atomic mass is 32.2. The van der Waals surface area contributed by atoms with Gasteiger partial charge in [0.1, 0.15) is 6.26 Å². The number of hydrogen-bond donors (Lipinski definition) is 1. The fourth-order valence-corrected chi connectivity index (χ4v) is 1.37. The minimum atomic E-state index is -1.07. The molecular weight excluding hydrogens is 188 g/mol. The van der Waals surface area contributed by atoms with E-state index in [1.165, 1.54) is 6.26 Å². The Labute approximate surface area is 80.3 Å². The van der Waals surface area contributed by atoms with Crippen LogP contribution in [0, 0.1) is 0 Å². The largest absolute Gasteiger partial charge is 0.448 e. The van der Waals surface area contributed by atoms with Gasteiger partial charge >= 0.3 is 0 Å². The molecule has 74 valence electrons. The van der Waals surface area contributed by atoms with Gasteiger partial charge in [-0.3, -0.25) is 0 Å². The van der Waals surface area contributed by atoms with E-state index in [2.05, 4.69) is 9.71 Å². The third-order valence-corrected chi connectivity index (χ3v) is 2.91. The number of nitrogens with one attached hydrogen (secondary N) is 1. The van der Waals surface area contributed by atoms with Crippen molar-refractivity contribution in [2.75, 3.05) is 0 Å². The Bertz CT molecular complexity index is 277. The molecule has 1 atom stereocenters. The standard InChI is InChI=1S/C8H14N2O2S/c1-8(2,3)13(11)10-6-7-9-4-5-12-7/h4-5,10H,6H2,1-3H3. The van der Waals surface area contributed by atoms with Crippen LogP contribution in [0.15, 0.2) is 16.9 Å². The van der Waals surface area contributed by atoms with Crippen molar-refractivity contribution in [1.29, 1.82) is 0 Å². The molecule has 1 heterocycles. The van der Waals surface area contributed by atoms with Crippen LogP contribution in [0.5, 0.6) is 0 Å². The summed E-state index contributed by atoms with van der Waals surface area (Å²) in [6.07, 6.45) is 3.06. The van der Waals surface area contributed by atoms with Crippen molar-refractivity contribution >= 4 is 11.0 Å². The fraction of sp³-hybridized carbons (Fsp3) is 0.625. The molecule has 0 spiro atoms. The molecule has 0 aliphatic carbocycles. The van der Waals surface area contributed by atoms with Gasteiger partial charge in [-0.05, 0) is 20.8 Å². The van der Waals surface area contributed by atoms with Crippen LogP contribution in [0.2, 0.25) is 0 Å². The van der Waals surface area contributed by atoms with Crippen molar-refractivity contribution in [1.82, 2.24) is 9.71 Å². The third-order valence-electron chi connectivity index (χ3n) is 1.39. The maximum atomic E-state index is 11.5. The Morgan fingerprint density at radius 2 is 2.31 bits per heavy atom. The quantitative estimate of drug-likeness (QED) is 0.802. The molecule has 0 saturated heterocycles. The van der Waals surface area contributed by atoms with Crippen molar-refractivity contribution in [2.45, 2.75) is 32.1 Å². The summed E-state index contributed by atoms with van der Waals surface area (Å²) in [5.74, 6) is 0.553. The minimum Gasteiger partial charge on any atom is -0.448 e. The summed E-state index contributed by atoms with van der Waals surface area (Å²) in [4.78, 5) is 3.91. The molecule has 0 saturated carbocycles. The summed E-state index contributed by atoms with van der Waals surface area (Å²) >= 11 is 0. The lowest BCUT2D eigenvalue weighted by molar-refractivity contribution is 0.488. The molecule has 1 unspecified atom stereocenters. The molecule has 1 N–H and O–H groups in total. The number of aromatic nitrogens is 1. The summed E-state index contributed by atoms with van der Waals surface area (Å²) in [6.45, 7) is 6.12. The highest BCUT2D eigenvalue weighted by Gasteiger charge is 2.19. The average molecular weight is 202 g/mol. The molecule has 1 aromatic rings. The molecule has 0 fully saturated rings. The lowest BCUT2D eigenvalue weighted by Crippen LogP contribution is -2.32. The molecule has 1 aromatic heterocycles. The first-order valence-corrected chi connectivity index (χ1v) is 5.19. The molecular formula is C8H14N2O2S. The third kappa shape index (κ3) is 3.28. The van der Waals surface area contributed by atoms with E-state index in [-0.39, 0.29) is 4.75 Å². The van der Waals surface area contributed by atoms with Gasteiger partial charge in [0.15, 0.2) is 0 Å². The van der Waals surface area contributed by atoms with Crippen molar-refractivity contribution in [2.24, 2.45) is 0 Å². The summed E-state index contributed by atoms with van der Waals surface area (Å²) < 4.78 is 19.1. The second-order valence-corrected chi connectivity index (χ2v) is 5.68. The van der Waals surface area contributed by atoms with Crippen molar-refractivity contribution in [3.63, 3.8) is 0 Å². The molecule has 5 heteroatoms. The predicted molar refractivity (Wildman–Crippen MR) is 51.2 cm³/mol. The topological polar surface area (TPSA) is 55.1 Å². The Balaban J connectivity index is 2.40. The van der Waals surface area contributed by atoms with Gasteiger partial charge in [-0.25, -0.2) is 13.9 Å². The number of oxazole rings is 1. The van der Waals surface area contributed by atoms with Crippen LogP contribution in [-0.4, -0.2) is 13.9 Å². The van der Waals surface area contributed by atoms with E-state index in [1.807, 2.05) is 20.8 Å². The van der Waals surface area contributed by atoms with Crippen LogP contribution in [0.4, 0.5) is 0 Å². The molecule has 4 nitrogen and oxygen atoms in total. The van der Waals surface area contributed by atoms with Crippen molar-refractivity contribution in [3.05, 3.63) is 18.4 Å². The van der Waals surface area contributed by atoms with Gasteiger partial charge in [-0.2, -0.15) is 0 Å². The molecule has 0 aromatic carbocycles. The molecule has 0 aliphatic heterocycles. The Morgan fingerprint density at radius 3 is 2.77 bits per heavy atom. The van der Waals surface area contributed by atoms with E-state index in [4.69, 9.17) is 4.42 Å². The van der Waals surface area contributed by atoms with Gasteiger partial charge in [0.2, 0.25) is 5.89 Å². The summed E-state index contributed by atoms with van der Waals surface area (Å²) in [6, 6.07) is 0. The monoisotopic (exact) mass is 202 g/mol. The molecule has 0 aliphatic rings. The second-order valence-electron chi connectivity index (χ2n) is 3.63. The highest BCUT2D eigenvalue weighted by molar-refractivity contribution is 7.84. The summed E-state index contributed by atoms with van der Waals surface area (Å²) in [5, 5.41) is 0. The summed E-state index contributed by atoms with van der Waals surface area (Å²) in [7, 11) is -1.07. The van der Waals surface area contributed by atoms with Crippen LogP contribution >= 0.6 is 0 Å². The second kappa shape index (κ2) is 4.02. The van der Waals surface area contributed by atoms with E-state index >= 15 is 0 Å². The van der Waals surface area contributed by atoms with Crippen molar-refractivity contribution < 1.29 is 8.63 Å². The Hall–Kier alpha value is -0.680. The molecule has 0 bridgehead atoms. The number of nitrogens with zero attached hydrogens (tertiary/aromatic N) is 1. The van der Waals surface area contributed by atoms with Crippen LogP contribution in [-0.2, 0) is 17.5 Å². The maximum Gasteiger partial charge on any atom is 0.208 e. The van der Waals surface area contributed by atoms with Crippen molar-refractivity contribution in [3.8, 4) is 0 Å². The first-order valence-electron chi connectivity index (χ1n) is 4.04. The van der Waals surface area contributed by atoms with E-state index in [9.17, 15) is 4.21 Å². The van der Waals surface area contributed by atoms with E-state index in [0.717, 1.165) is 0 Å². The SMILES string of the molecule is CC(C)(C)S(=O)NCc1ncco1. The molecule has 0 radical (unpaired) electrons. The van der Waals surface area contributed by atoms with E-state index < -0.39 is 11.0 Å². The predicted octanol–water partition coefficient (Wildman–Crippen LogP) is 1.23. The normalized spacial score (nSPS) is 14.4. The van der Waals surface area contributed by atoms with Gasteiger partial charge in [0, 0.05) is 0 Å². The van der Waals surface area contributed by atoms with Gasteiger partial charge in [0.25, 0.3) is 0 Å². The lowest BCUT2D eigenvalue weighted by Gasteiger charge is -2.17. The molecule has 0 amide bonds. The van der Waals surface area contributed by atoms with Gasteiger partial charge < -0.3 is 4.42 Å². The van der Waals surface area contributed by atoms with Crippen LogP contribution in [0.3, 0.4) is 0 Å². The fourth-order valence-electron chi connectivity index (χ4n) is 0.684. The number of rotatable bonds is 3. The van der Waals surface area contributed by atoms with Crippen LogP contribution in [0.1, 0.15) is 26.7 Å². The molecule has 13 heavy (non-hydrogen) atoms. The average Bonchev–Trinajstić information content (AvgIpc) is 2.50. The maximum absolute atomic E-state index is 11.5.